The zero-order valence-corrected chi connectivity index (χ0v) is 28.5. The van der Waals surface area contributed by atoms with E-state index in [2.05, 4.69) is 17.4 Å². The van der Waals surface area contributed by atoms with Crippen molar-refractivity contribution in [1.82, 2.24) is 0 Å². The Morgan fingerprint density at radius 3 is 1.43 bits per heavy atom. The predicted octanol–water partition coefficient (Wildman–Crippen LogP) is 3.68. The SMILES string of the molecule is Nc1ccccc1-c1ccccc1.O=[N+]([O-])c1ccccc1F.O=[N+]([O-])c1ccccc1Nc1ccccc1-c1ccccc1.[F-].[K+]. The van der Waals surface area contributed by atoms with Gasteiger partial charge in [-0.3, -0.25) is 20.2 Å². The first kappa shape index (κ1) is 38.4. The summed E-state index contributed by atoms with van der Waals surface area (Å²) in [4.78, 5) is 20.0. The molecule has 47 heavy (non-hydrogen) atoms. The molecule has 6 aromatic carbocycles. The van der Waals surface area contributed by atoms with Crippen molar-refractivity contribution in [3.05, 3.63) is 184 Å². The molecule has 0 spiro atoms. The molecule has 0 aromatic heterocycles. The van der Waals surface area contributed by atoms with E-state index in [1.54, 1.807) is 18.2 Å². The number of para-hydroxylation sites is 5. The number of nitro benzene ring substituents is 2. The van der Waals surface area contributed by atoms with Crippen LogP contribution in [0.25, 0.3) is 22.3 Å². The van der Waals surface area contributed by atoms with Crippen molar-refractivity contribution >= 4 is 28.4 Å². The molecule has 0 aliphatic carbocycles. The number of hydrogen-bond donors (Lipinski definition) is 2. The fourth-order valence-electron chi connectivity index (χ4n) is 4.32. The van der Waals surface area contributed by atoms with E-state index >= 15 is 0 Å². The third-order valence-electron chi connectivity index (χ3n) is 6.48. The quantitative estimate of drug-likeness (QED) is 0.122. The van der Waals surface area contributed by atoms with Crippen molar-refractivity contribution in [2.45, 2.75) is 0 Å². The summed E-state index contributed by atoms with van der Waals surface area (Å²) in [5.74, 6) is -0.799. The Balaban J connectivity index is 0.000000263. The van der Waals surface area contributed by atoms with Gasteiger partial charge in [0, 0.05) is 34.6 Å². The smallest absolute Gasteiger partial charge is 1.00 e. The molecule has 232 valence electrons. The van der Waals surface area contributed by atoms with Crippen molar-refractivity contribution in [1.29, 1.82) is 0 Å². The summed E-state index contributed by atoms with van der Waals surface area (Å²) in [6.07, 6.45) is 0. The number of nitrogen functional groups attached to an aromatic ring is 1. The summed E-state index contributed by atoms with van der Waals surface area (Å²) >= 11 is 0. The molecular formula is C36H29F2KN4O4. The number of rotatable bonds is 6. The first-order valence-corrected chi connectivity index (χ1v) is 13.8. The second-order valence-corrected chi connectivity index (χ2v) is 9.47. The average Bonchev–Trinajstić information content (AvgIpc) is 3.07. The Bertz CT molecular complexity index is 1880. The number of halogens is 2. The van der Waals surface area contributed by atoms with Crippen molar-refractivity contribution in [3.8, 4) is 22.3 Å². The van der Waals surface area contributed by atoms with Gasteiger partial charge in [0.15, 0.2) is 0 Å². The van der Waals surface area contributed by atoms with E-state index in [-0.39, 0.29) is 66.7 Å². The topological polar surface area (TPSA) is 124 Å². The number of nitrogens with zero attached hydrogens (tertiary/aromatic N) is 2. The largest absolute Gasteiger partial charge is 1.00 e. The minimum absolute atomic E-state index is 0. The van der Waals surface area contributed by atoms with E-state index in [4.69, 9.17) is 5.73 Å². The molecule has 6 aromatic rings. The van der Waals surface area contributed by atoms with Crippen molar-refractivity contribution in [2.75, 3.05) is 11.1 Å². The monoisotopic (exact) mass is 658 g/mol. The molecule has 0 heterocycles. The van der Waals surface area contributed by atoms with Gasteiger partial charge in [0.25, 0.3) is 5.69 Å². The Kier molecular flexibility index (Phi) is 16.1. The predicted molar refractivity (Wildman–Crippen MR) is 178 cm³/mol. The summed E-state index contributed by atoms with van der Waals surface area (Å²) < 4.78 is 12.4. The molecule has 11 heteroatoms. The van der Waals surface area contributed by atoms with Gasteiger partial charge in [-0.1, -0.05) is 121 Å². The standard InChI is InChI=1S/C18H14N2O2.C12H11N.C6H4FNO2.FH.K/c21-20(22)18-13-7-6-12-17(18)19-16-11-5-4-10-15(16)14-8-2-1-3-9-14;13-12-9-5-4-8-11(12)10-6-2-1-3-7-10;7-5-3-1-2-4-6(5)8(9)10;;/h1-13,19H;1-9H,13H2;1-4H;1H;/q;;;;+1/p-1. The van der Waals surface area contributed by atoms with Gasteiger partial charge in [-0.05, 0) is 35.4 Å². The number of hydrogen-bond acceptors (Lipinski definition) is 6. The molecule has 0 fully saturated rings. The van der Waals surface area contributed by atoms with E-state index in [0.717, 1.165) is 40.2 Å². The number of nitrogens with two attached hydrogens (primary N) is 1. The molecule has 0 radical (unpaired) electrons. The van der Waals surface area contributed by atoms with Crippen molar-refractivity contribution in [2.24, 2.45) is 0 Å². The Morgan fingerprint density at radius 2 is 0.915 bits per heavy atom. The van der Waals surface area contributed by atoms with E-state index in [1.807, 2.05) is 97.1 Å². The normalized spacial score (nSPS) is 9.47. The second kappa shape index (κ2) is 19.7. The van der Waals surface area contributed by atoms with Crippen molar-refractivity contribution in [3.63, 3.8) is 0 Å². The maximum absolute atomic E-state index is 12.4. The van der Waals surface area contributed by atoms with Gasteiger partial charge >= 0.3 is 57.1 Å². The van der Waals surface area contributed by atoms with Gasteiger partial charge in [-0.25, -0.2) is 0 Å². The zero-order chi connectivity index (χ0) is 32.0. The first-order chi connectivity index (χ1) is 21.8. The maximum Gasteiger partial charge on any atom is 1.00 e. The zero-order valence-electron chi connectivity index (χ0n) is 25.4. The van der Waals surface area contributed by atoms with Gasteiger partial charge in [-0.15, -0.1) is 0 Å². The van der Waals surface area contributed by atoms with Crippen LogP contribution < -0.4 is 67.1 Å². The molecule has 0 amide bonds. The Hall–Kier alpha value is -4.78. The van der Waals surface area contributed by atoms with Crippen LogP contribution >= 0.6 is 0 Å². The molecule has 8 nitrogen and oxygen atoms in total. The Morgan fingerprint density at radius 1 is 0.511 bits per heavy atom. The molecule has 0 aliphatic heterocycles. The van der Waals surface area contributed by atoms with E-state index < -0.39 is 16.4 Å². The summed E-state index contributed by atoms with van der Waals surface area (Å²) in [7, 11) is 0. The van der Waals surface area contributed by atoms with Crippen LogP contribution in [-0.2, 0) is 0 Å². The molecule has 0 saturated carbocycles. The minimum Gasteiger partial charge on any atom is -1.00 e. The van der Waals surface area contributed by atoms with Crippen molar-refractivity contribution < 1.29 is 70.3 Å². The van der Waals surface area contributed by atoms with E-state index in [1.165, 1.54) is 23.8 Å². The van der Waals surface area contributed by atoms with Crippen LogP contribution in [0.15, 0.2) is 158 Å². The Labute approximate surface area is 313 Å². The number of nitrogens with one attached hydrogen (secondary N) is 1. The number of nitro groups is 2. The van der Waals surface area contributed by atoms with Crippen LogP contribution in [0.3, 0.4) is 0 Å². The third-order valence-corrected chi connectivity index (χ3v) is 6.48. The fourth-order valence-corrected chi connectivity index (χ4v) is 4.32. The molecule has 0 aliphatic rings. The average molecular weight is 659 g/mol. The summed E-state index contributed by atoms with van der Waals surface area (Å²) in [6, 6.07) is 47.4. The minimum atomic E-state index is -0.799. The summed E-state index contributed by atoms with van der Waals surface area (Å²) in [5, 5.41) is 24.3. The van der Waals surface area contributed by atoms with Crippen LogP contribution in [0.1, 0.15) is 0 Å². The van der Waals surface area contributed by atoms with E-state index in [0.29, 0.717) is 5.69 Å². The molecule has 0 saturated heterocycles. The van der Waals surface area contributed by atoms with Crippen LogP contribution in [0.2, 0.25) is 0 Å². The molecule has 0 bridgehead atoms. The van der Waals surface area contributed by atoms with E-state index in [9.17, 15) is 24.6 Å². The molecule has 6 rings (SSSR count). The van der Waals surface area contributed by atoms with Gasteiger partial charge in [0.2, 0.25) is 5.82 Å². The maximum atomic E-state index is 12.4. The fraction of sp³-hybridized carbons (Fsp3) is 0. The third kappa shape index (κ3) is 11.2. The number of anilines is 3. The van der Waals surface area contributed by atoms with Crippen LogP contribution in [0, 0.1) is 26.0 Å². The molecule has 0 unspecified atom stereocenters. The van der Waals surface area contributed by atoms with Gasteiger partial charge in [0.1, 0.15) is 5.69 Å². The second-order valence-electron chi connectivity index (χ2n) is 9.47. The van der Waals surface area contributed by atoms with Gasteiger partial charge < -0.3 is 15.8 Å². The molecular weight excluding hydrogens is 630 g/mol. The summed E-state index contributed by atoms with van der Waals surface area (Å²) in [6.45, 7) is 0. The summed E-state index contributed by atoms with van der Waals surface area (Å²) in [5.41, 5.74) is 11.9. The number of benzene rings is 6. The van der Waals surface area contributed by atoms with Crippen LogP contribution in [-0.4, -0.2) is 9.85 Å². The van der Waals surface area contributed by atoms with Crippen LogP contribution in [0.4, 0.5) is 32.8 Å². The molecule has 0 atom stereocenters. The molecule has 3 N–H and O–H groups in total. The van der Waals surface area contributed by atoms with Gasteiger partial charge in [-0.2, -0.15) is 4.39 Å². The first-order valence-electron chi connectivity index (χ1n) is 13.8. The van der Waals surface area contributed by atoms with Crippen LogP contribution in [0.5, 0.6) is 0 Å². The van der Waals surface area contributed by atoms with Gasteiger partial charge in [0.05, 0.1) is 9.85 Å².